The van der Waals surface area contributed by atoms with Crippen molar-refractivity contribution in [2.45, 2.75) is 31.8 Å². The number of aliphatic hydroxyl groups excluding tert-OH is 2. The van der Waals surface area contributed by atoms with Gasteiger partial charge >= 0.3 is 0 Å². The van der Waals surface area contributed by atoms with Crippen LogP contribution in [0.5, 0.6) is 0 Å². The molecule has 1 amide bonds. The molecule has 70 valence electrons. The molecule has 12 heavy (non-hydrogen) atoms. The van der Waals surface area contributed by atoms with Gasteiger partial charge in [-0.2, -0.15) is 0 Å². The Morgan fingerprint density at radius 2 is 2.25 bits per heavy atom. The van der Waals surface area contributed by atoms with Crippen molar-refractivity contribution < 1.29 is 19.7 Å². The molecule has 3 atom stereocenters. The lowest BCUT2D eigenvalue weighted by molar-refractivity contribution is -0.176. The first-order valence-corrected chi connectivity index (χ1v) is 3.86. The molecule has 3 N–H and O–H groups in total. The predicted molar refractivity (Wildman–Crippen MR) is 40.2 cm³/mol. The van der Waals surface area contributed by atoms with Crippen molar-refractivity contribution in [3.8, 4) is 0 Å². The molecule has 1 unspecified atom stereocenters. The topological polar surface area (TPSA) is 78.8 Å². The minimum atomic E-state index is -1.10. The molecule has 0 radical (unpaired) electrons. The molecule has 0 saturated carbocycles. The highest BCUT2D eigenvalue weighted by molar-refractivity contribution is 5.73. The number of carbonyl (C=O) groups is 1. The van der Waals surface area contributed by atoms with E-state index >= 15 is 0 Å². The minimum absolute atomic E-state index is 0.288. The summed E-state index contributed by atoms with van der Waals surface area (Å²) in [6.07, 6.45) is -1.39. The van der Waals surface area contributed by atoms with Gasteiger partial charge in [-0.3, -0.25) is 4.79 Å². The minimum Gasteiger partial charge on any atom is -0.391 e. The van der Waals surface area contributed by atoms with E-state index in [0.29, 0.717) is 13.0 Å². The van der Waals surface area contributed by atoms with Gasteiger partial charge in [0.15, 0.2) is 6.29 Å². The van der Waals surface area contributed by atoms with Crippen LogP contribution in [-0.4, -0.2) is 41.2 Å². The molecular formula is C7H13NO4. The van der Waals surface area contributed by atoms with Gasteiger partial charge in [0, 0.05) is 6.92 Å². The molecule has 1 aliphatic rings. The fraction of sp³-hybridized carbons (Fsp3) is 0.857. The number of hydrogen-bond acceptors (Lipinski definition) is 4. The van der Waals surface area contributed by atoms with Gasteiger partial charge in [-0.25, -0.2) is 0 Å². The molecule has 0 aliphatic carbocycles. The fourth-order valence-corrected chi connectivity index (χ4v) is 1.18. The SMILES string of the molecule is CC(=O)N[C@H]1C(O)OCC[C@@H]1O. The zero-order valence-electron chi connectivity index (χ0n) is 6.86. The maximum atomic E-state index is 10.6. The second kappa shape index (κ2) is 3.84. The van der Waals surface area contributed by atoms with E-state index in [2.05, 4.69) is 5.32 Å². The van der Waals surface area contributed by atoms with Crippen LogP contribution in [0.1, 0.15) is 13.3 Å². The van der Waals surface area contributed by atoms with E-state index in [1.807, 2.05) is 0 Å². The summed E-state index contributed by atoms with van der Waals surface area (Å²) in [7, 11) is 0. The maximum Gasteiger partial charge on any atom is 0.217 e. The fourth-order valence-electron chi connectivity index (χ4n) is 1.18. The van der Waals surface area contributed by atoms with E-state index in [1.165, 1.54) is 6.92 Å². The molecule has 0 bridgehead atoms. The van der Waals surface area contributed by atoms with Crippen LogP contribution in [-0.2, 0) is 9.53 Å². The average molecular weight is 175 g/mol. The zero-order chi connectivity index (χ0) is 9.14. The second-order valence-electron chi connectivity index (χ2n) is 2.84. The molecule has 5 nitrogen and oxygen atoms in total. The Hall–Kier alpha value is -0.650. The van der Waals surface area contributed by atoms with Crippen LogP contribution >= 0.6 is 0 Å². The lowest BCUT2D eigenvalue weighted by atomic mass is 10.1. The first kappa shape index (κ1) is 9.44. The second-order valence-corrected chi connectivity index (χ2v) is 2.84. The van der Waals surface area contributed by atoms with Crippen molar-refractivity contribution in [1.82, 2.24) is 5.32 Å². The Labute approximate surface area is 70.3 Å². The van der Waals surface area contributed by atoms with Gasteiger partial charge in [0.05, 0.1) is 12.7 Å². The Morgan fingerprint density at radius 3 is 2.75 bits per heavy atom. The molecule has 0 aromatic heterocycles. The van der Waals surface area contributed by atoms with Crippen molar-refractivity contribution in [2.24, 2.45) is 0 Å². The van der Waals surface area contributed by atoms with Crippen molar-refractivity contribution in [3.63, 3.8) is 0 Å². The van der Waals surface area contributed by atoms with Gasteiger partial charge in [-0.05, 0) is 6.42 Å². The summed E-state index contributed by atoms with van der Waals surface area (Å²) in [5.74, 6) is -0.288. The third-order valence-electron chi connectivity index (χ3n) is 1.79. The first-order chi connectivity index (χ1) is 5.61. The van der Waals surface area contributed by atoms with Gasteiger partial charge in [-0.1, -0.05) is 0 Å². The van der Waals surface area contributed by atoms with E-state index in [9.17, 15) is 15.0 Å². The van der Waals surface area contributed by atoms with Crippen LogP contribution in [0.3, 0.4) is 0 Å². The number of nitrogens with one attached hydrogen (secondary N) is 1. The van der Waals surface area contributed by atoms with Gasteiger partial charge in [-0.15, -0.1) is 0 Å². The van der Waals surface area contributed by atoms with Crippen LogP contribution in [0, 0.1) is 0 Å². The Morgan fingerprint density at radius 1 is 1.58 bits per heavy atom. The summed E-state index contributed by atoms with van der Waals surface area (Å²) in [5.41, 5.74) is 0. The molecule has 0 aromatic rings. The molecular weight excluding hydrogens is 162 g/mol. The van der Waals surface area contributed by atoms with E-state index in [-0.39, 0.29) is 5.91 Å². The summed E-state index contributed by atoms with van der Waals surface area (Å²) in [5, 5.41) is 20.9. The zero-order valence-corrected chi connectivity index (χ0v) is 6.86. The van der Waals surface area contributed by atoms with Crippen molar-refractivity contribution in [2.75, 3.05) is 6.61 Å². The molecule has 1 rings (SSSR count). The normalized spacial score (nSPS) is 36.1. The highest BCUT2D eigenvalue weighted by Crippen LogP contribution is 2.12. The molecule has 0 aromatic carbocycles. The Kier molecular flexibility index (Phi) is 3.02. The highest BCUT2D eigenvalue weighted by atomic mass is 16.6. The lowest BCUT2D eigenvalue weighted by Crippen LogP contribution is -2.54. The summed E-state index contributed by atoms with van der Waals surface area (Å²) in [4.78, 5) is 10.6. The van der Waals surface area contributed by atoms with E-state index in [4.69, 9.17) is 4.74 Å². The summed E-state index contributed by atoms with van der Waals surface area (Å²) in [6.45, 7) is 1.65. The molecule has 1 saturated heterocycles. The summed E-state index contributed by atoms with van der Waals surface area (Å²) >= 11 is 0. The number of hydrogen-bond donors (Lipinski definition) is 3. The van der Waals surface area contributed by atoms with Gasteiger partial charge in [0.1, 0.15) is 6.04 Å². The number of rotatable bonds is 1. The Bertz CT molecular complexity index is 163. The molecule has 5 heteroatoms. The highest BCUT2D eigenvalue weighted by Gasteiger charge is 2.32. The van der Waals surface area contributed by atoms with Crippen LogP contribution in [0.25, 0.3) is 0 Å². The van der Waals surface area contributed by atoms with Gasteiger partial charge in [0.2, 0.25) is 5.91 Å². The maximum absolute atomic E-state index is 10.6. The quantitative estimate of drug-likeness (QED) is 0.457. The third kappa shape index (κ3) is 2.17. The van der Waals surface area contributed by atoms with Crippen molar-refractivity contribution >= 4 is 5.91 Å². The number of carbonyl (C=O) groups excluding carboxylic acids is 1. The van der Waals surface area contributed by atoms with Crippen molar-refractivity contribution in [3.05, 3.63) is 0 Å². The van der Waals surface area contributed by atoms with E-state index in [1.54, 1.807) is 0 Å². The number of amides is 1. The third-order valence-corrected chi connectivity index (χ3v) is 1.79. The summed E-state index contributed by atoms with van der Waals surface area (Å²) in [6, 6.07) is -0.698. The molecule has 1 heterocycles. The average Bonchev–Trinajstić information content (AvgIpc) is 1.97. The van der Waals surface area contributed by atoms with Crippen LogP contribution in [0.2, 0.25) is 0 Å². The lowest BCUT2D eigenvalue weighted by Gasteiger charge is -2.32. The van der Waals surface area contributed by atoms with Crippen molar-refractivity contribution in [1.29, 1.82) is 0 Å². The Balaban J connectivity index is 2.50. The molecule has 1 fully saturated rings. The first-order valence-electron chi connectivity index (χ1n) is 3.86. The van der Waals surface area contributed by atoms with Crippen LogP contribution in [0.4, 0.5) is 0 Å². The largest absolute Gasteiger partial charge is 0.391 e. The predicted octanol–water partition coefficient (Wildman–Crippen LogP) is -1.41. The molecule has 1 aliphatic heterocycles. The van der Waals surface area contributed by atoms with E-state index < -0.39 is 18.4 Å². The summed E-state index contributed by atoms with van der Waals surface area (Å²) < 4.78 is 4.84. The van der Waals surface area contributed by atoms with Crippen LogP contribution < -0.4 is 5.32 Å². The van der Waals surface area contributed by atoms with Gasteiger partial charge in [0.25, 0.3) is 0 Å². The van der Waals surface area contributed by atoms with Crippen LogP contribution in [0.15, 0.2) is 0 Å². The number of aliphatic hydroxyl groups is 2. The standard InChI is InChI=1S/C7H13NO4/c1-4(9)8-6-5(10)2-3-12-7(6)11/h5-7,10-11H,2-3H2,1H3,(H,8,9)/t5-,6+,7?/m0/s1. The van der Waals surface area contributed by atoms with Gasteiger partial charge < -0.3 is 20.3 Å². The number of ether oxygens (including phenoxy) is 1. The molecule has 0 spiro atoms. The smallest absolute Gasteiger partial charge is 0.217 e. The monoisotopic (exact) mass is 175 g/mol. The van der Waals surface area contributed by atoms with E-state index in [0.717, 1.165) is 0 Å².